The molecule has 1 aromatic rings. The molecule has 0 bridgehead atoms. The molecule has 1 heterocycles. The first-order valence-electron chi connectivity index (χ1n) is 3.51. The maximum atomic E-state index is 10.1. The second-order valence-electron chi connectivity index (χ2n) is 2.24. The van der Waals surface area contributed by atoms with E-state index in [9.17, 15) is 4.79 Å². The fourth-order valence-electron chi connectivity index (χ4n) is 0.870. The molecule has 0 fully saturated rings. The molecule has 1 amide bonds. The van der Waals surface area contributed by atoms with Gasteiger partial charge in [-0.1, -0.05) is 0 Å². The maximum absolute atomic E-state index is 10.1. The molecule has 0 unspecified atom stereocenters. The zero-order chi connectivity index (χ0) is 8.81. The van der Waals surface area contributed by atoms with Crippen LogP contribution in [0.1, 0.15) is 5.56 Å². The molecule has 0 atom stereocenters. The van der Waals surface area contributed by atoms with E-state index in [0.717, 1.165) is 5.56 Å². The summed E-state index contributed by atoms with van der Waals surface area (Å²) in [5, 5.41) is 2.46. The van der Waals surface area contributed by atoms with Crippen LogP contribution in [-0.4, -0.2) is 18.5 Å². The number of methoxy groups -OCH3 is 1. The van der Waals surface area contributed by atoms with E-state index in [4.69, 9.17) is 4.74 Å². The van der Waals surface area contributed by atoms with Crippen LogP contribution in [0.25, 0.3) is 0 Å². The molecular formula is C8H10N2O2. The van der Waals surface area contributed by atoms with Crippen molar-refractivity contribution in [2.24, 2.45) is 0 Å². The van der Waals surface area contributed by atoms with E-state index >= 15 is 0 Å². The van der Waals surface area contributed by atoms with Crippen molar-refractivity contribution in [2.75, 3.05) is 12.4 Å². The summed E-state index contributed by atoms with van der Waals surface area (Å²) >= 11 is 0. The van der Waals surface area contributed by atoms with E-state index in [2.05, 4.69) is 10.3 Å². The van der Waals surface area contributed by atoms with Crippen molar-refractivity contribution in [3.8, 4) is 0 Å². The van der Waals surface area contributed by atoms with Gasteiger partial charge in [0.15, 0.2) is 0 Å². The molecule has 1 N–H and O–H groups in total. The molecule has 0 aliphatic heterocycles. The minimum atomic E-state index is 0.524. The van der Waals surface area contributed by atoms with Gasteiger partial charge in [0, 0.05) is 13.3 Å². The molecule has 64 valence electrons. The van der Waals surface area contributed by atoms with Gasteiger partial charge in [-0.15, -0.1) is 0 Å². The number of carbonyl (C=O) groups is 1. The predicted octanol–water partition coefficient (Wildman–Crippen LogP) is 0.796. The van der Waals surface area contributed by atoms with Gasteiger partial charge in [-0.3, -0.25) is 4.79 Å². The number of aromatic nitrogens is 1. The molecule has 4 nitrogen and oxygen atoms in total. The normalized spacial score (nSPS) is 9.42. The van der Waals surface area contributed by atoms with E-state index < -0.39 is 0 Å². The summed E-state index contributed by atoms with van der Waals surface area (Å²) in [4.78, 5) is 14.0. The largest absolute Gasteiger partial charge is 0.380 e. The second kappa shape index (κ2) is 4.46. The Morgan fingerprint density at radius 2 is 2.58 bits per heavy atom. The SMILES string of the molecule is COCc1ccnc(NC=O)c1. The van der Waals surface area contributed by atoms with E-state index in [1.54, 1.807) is 19.4 Å². The third-order valence-corrected chi connectivity index (χ3v) is 1.34. The van der Waals surface area contributed by atoms with Gasteiger partial charge in [0.25, 0.3) is 0 Å². The number of anilines is 1. The summed E-state index contributed by atoms with van der Waals surface area (Å²) in [7, 11) is 1.62. The van der Waals surface area contributed by atoms with Crippen LogP contribution in [0.3, 0.4) is 0 Å². The Bertz CT molecular complexity index is 263. The minimum absolute atomic E-state index is 0.524. The van der Waals surface area contributed by atoms with Crippen LogP contribution in [0.5, 0.6) is 0 Å². The van der Waals surface area contributed by atoms with Crippen molar-refractivity contribution < 1.29 is 9.53 Å². The van der Waals surface area contributed by atoms with Gasteiger partial charge in [0.2, 0.25) is 6.41 Å². The second-order valence-corrected chi connectivity index (χ2v) is 2.24. The average Bonchev–Trinajstić information content (AvgIpc) is 2.06. The van der Waals surface area contributed by atoms with E-state index in [1.165, 1.54) is 0 Å². The van der Waals surface area contributed by atoms with Gasteiger partial charge in [-0.2, -0.15) is 0 Å². The van der Waals surface area contributed by atoms with Crippen LogP contribution in [0.4, 0.5) is 5.82 Å². The van der Waals surface area contributed by atoms with Gasteiger partial charge in [0.1, 0.15) is 5.82 Å². The fourth-order valence-corrected chi connectivity index (χ4v) is 0.870. The van der Waals surface area contributed by atoms with E-state index in [-0.39, 0.29) is 0 Å². The zero-order valence-corrected chi connectivity index (χ0v) is 6.78. The lowest BCUT2D eigenvalue weighted by molar-refractivity contribution is -0.105. The number of hydrogen-bond donors (Lipinski definition) is 1. The van der Waals surface area contributed by atoms with E-state index in [1.807, 2.05) is 6.07 Å². The summed E-state index contributed by atoms with van der Waals surface area (Å²) in [6, 6.07) is 3.59. The highest BCUT2D eigenvalue weighted by Gasteiger charge is 1.94. The summed E-state index contributed by atoms with van der Waals surface area (Å²) in [6.45, 7) is 0.524. The number of nitrogens with zero attached hydrogens (tertiary/aromatic N) is 1. The Kier molecular flexibility index (Phi) is 3.22. The fraction of sp³-hybridized carbons (Fsp3) is 0.250. The molecule has 0 radical (unpaired) electrons. The van der Waals surface area contributed by atoms with Gasteiger partial charge in [-0.05, 0) is 17.7 Å². The number of carbonyl (C=O) groups excluding carboxylic acids is 1. The molecule has 0 saturated heterocycles. The number of pyridine rings is 1. The van der Waals surface area contributed by atoms with Gasteiger partial charge < -0.3 is 10.1 Å². The first-order valence-corrected chi connectivity index (χ1v) is 3.51. The van der Waals surface area contributed by atoms with Crippen LogP contribution < -0.4 is 5.32 Å². The number of ether oxygens (including phenoxy) is 1. The van der Waals surface area contributed by atoms with Gasteiger partial charge in [-0.25, -0.2) is 4.98 Å². The van der Waals surface area contributed by atoms with E-state index in [0.29, 0.717) is 18.8 Å². The smallest absolute Gasteiger partial charge is 0.212 e. The van der Waals surface area contributed by atoms with Crippen molar-refractivity contribution in [1.29, 1.82) is 0 Å². The number of hydrogen-bond acceptors (Lipinski definition) is 3. The quantitative estimate of drug-likeness (QED) is 0.673. The number of rotatable bonds is 4. The molecule has 1 rings (SSSR count). The maximum Gasteiger partial charge on any atom is 0.212 e. The monoisotopic (exact) mass is 166 g/mol. The highest BCUT2D eigenvalue weighted by Crippen LogP contribution is 2.06. The summed E-state index contributed by atoms with van der Waals surface area (Å²) in [5.74, 6) is 0.541. The first-order chi connectivity index (χ1) is 5.86. The van der Waals surface area contributed by atoms with Crippen molar-refractivity contribution in [3.05, 3.63) is 23.9 Å². The lowest BCUT2D eigenvalue weighted by atomic mass is 10.3. The molecule has 0 aliphatic carbocycles. The van der Waals surface area contributed by atoms with Crippen LogP contribution in [0.2, 0.25) is 0 Å². The lowest BCUT2D eigenvalue weighted by Crippen LogP contribution is -1.97. The Labute approximate surface area is 70.6 Å². The number of nitrogens with one attached hydrogen (secondary N) is 1. The lowest BCUT2D eigenvalue weighted by Gasteiger charge is -2.01. The third kappa shape index (κ3) is 2.32. The van der Waals surface area contributed by atoms with Gasteiger partial charge in [0.05, 0.1) is 6.61 Å². The van der Waals surface area contributed by atoms with Crippen LogP contribution in [-0.2, 0) is 16.1 Å². The molecule has 12 heavy (non-hydrogen) atoms. The molecule has 0 spiro atoms. The van der Waals surface area contributed by atoms with Crippen molar-refractivity contribution in [1.82, 2.24) is 4.98 Å². The molecule has 4 heteroatoms. The summed E-state index contributed by atoms with van der Waals surface area (Å²) < 4.78 is 4.92. The average molecular weight is 166 g/mol. The van der Waals surface area contributed by atoms with Crippen LogP contribution in [0, 0.1) is 0 Å². The van der Waals surface area contributed by atoms with Crippen molar-refractivity contribution in [2.45, 2.75) is 6.61 Å². The minimum Gasteiger partial charge on any atom is -0.380 e. The molecule has 1 aromatic heterocycles. The Morgan fingerprint density at radius 3 is 3.25 bits per heavy atom. The predicted molar refractivity (Wildman–Crippen MR) is 44.6 cm³/mol. The molecule has 0 aromatic carbocycles. The van der Waals surface area contributed by atoms with Gasteiger partial charge >= 0.3 is 0 Å². The molecular weight excluding hydrogens is 156 g/mol. The molecule has 0 aliphatic rings. The van der Waals surface area contributed by atoms with Crippen molar-refractivity contribution in [3.63, 3.8) is 0 Å². The third-order valence-electron chi connectivity index (χ3n) is 1.34. The molecule has 0 saturated carbocycles. The topological polar surface area (TPSA) is 51.2 Å². The standard InChI is InChI=1S/C8H10N2O2/c1-12-5-7-2-3-9-8(4-7)10-6-11/h2-4,6H,5H2,1H3,(H,9,10,11). The highest BCUT2D eigenvalue weighted by atomic mass is 16.5. The zero-order valence-electron chi connectivity index (χ0n) is 6.78. The Hall–Kier alpha value is -1.42. The Morgan fingerprint density at radius 1 is 1.75 bits per heavy atom. The highest BCUT2D eigenvalue weighted by molar-refractivity contribution is 5.68. The van der Waals surface area contributed by atoms with Crippen LogP contribution in [0.15, 0.2) is 18.3 Å². The van der Waals surface area contributed by atoms with Crippen molar-refractivity contribution >= 4 is 12.2 Å². The first kappa shape index (κ1) is 8.67. The number of amides is 1. The summed E-state index contributed by atoms with van der Waals surface area (Å²) in [5.41, 5.74) is 0.983. The Balaban J connectivity index is 2.73. The summed E-state index contributed by atoms with van der Waals surface area (Å²) in [6.07, 6.45) is 2.22. The van der Waals surface area contributed by atoms with Crippen LogP contribution >= 0.6 is 0 Å².